The van der Waals surface area contributed by atoms with Crippen LogP contribution in [0.25, 0.3) is 0 Å². The number of nitrogen functional groups attached to an aromatic ring is 1. The van der Waals surface area contributed by atoms with E-state index in [4.69, 9.17) is 10.3 Å². The van der Waals surface area contributed by atoms with Gasteiger partial charge in [0.05, 0.1) is 5.75 Å². The highest BCUT2D eigenvalue weighted by molar-refractivity contribution is 9.10. The van der Waals surface area contributed by atoms with E-state index in [1.54, 1.807) is 11.8 Å². The summed E-state index contributed by atoms with van der Waals surface area (Å²) < 4.78 is 6.54. The first-order chi connectivity index (χ1) is 9.10. The Balaban J connectivity index is 2.04. The van der Waals surface area contributed by atoms with E-state index < -0.39 is 5.91 Å². The van der Waals surface area contributed by atoms with Gasteiger partial charge in [-0.15, -0.1) is 11.8 Å². The summed E-state index contributed by atoms with van der Waals surface area (Å²) in [7, 11) is 0. The second-order valence-electron chi connectivity index (χ2n) is 3.94. The molecule has 0 saturated carbocycles. The number of carbonyl (C=O) groups excluding carboxylic acids is 1. The fraction of sp³-hybridized carbons (Fsp3) is 0.154. The largest absolute Gasteiger partial charge is 0.455 e. The molecule has 2 aromatic rings. The van der Waals surface area contributed by atoms with Crippen molar-refractivity contribution >= 4 is 33.6 Å². The van der Waals surface area contributed by atoms with E-state index >= 15 is 0 Å². The highest BCUT2D eigenvalue weighted by Crippen LogP contribution is 2.26. The quantitative estimate of drug-likeness (QED) is 0.388. The summed E-state index contributed by atoms with van der Waals surface area (Å²) in [4.78, 5) is 12.6. The number of nitrogens with one attached hydrogen (secondary N) is 1. The summed E-state index contributed by atoms with van der Waals surface area (Å²) in [6.45, 7) is 1.82. The summed E-state index contributed by atoms with van der Waals surface area (Å²) in [6.07, 6.45) is 0. The lowest BCUT2D eigenvalue weighted by atomic mass is 10.2. The van der Waals surface area contributed by atoms with Crippen LogP contribution in [0.1, 0.15) is 21.9 Å². The Bertz CT molecular complexity index is 581. The van der Waals surface area contributed by atoms with Gasteiger partial charge in [0.15, 0.2) is 5.76 Å². The van der Waals surface area contributed by atoms with Crippen LogP contribution < -0.4 is 11.3 Å². The van der Waals surface area contributed by atoms with Gasteiger partial charge in [0, 0.05) is 14.9 Å². The molecular weight excluding hydrogens is 328 g/mol. The molecule has 6 heteroatoms. The highest BCUT2D eigenvalue weighted by atomic mass is 79.9. The average molecular weight is 341 g/mol. The molecule has 0 unspecified atom stereocenters. The normalized spacial score (nSPS) is 10.5. The van der Waals surface area contributed by atoms with Crippen LogP contribution in [0.3, 0.4) is 0 Å². The monoisotopic (exact) mass is 340 g/mol. The molecular formula is C13H13BrN2O2S. The maximum atomic E-state index is 11.4. The fourth-order valence-electron chi connectivity index (χ4n) is 1.60. The van der Waals surface area contributed by atoms with Gasteiger partial charge in [-0.25, -0.2) is 5.84 Å². The lowest BCUT2D eigenvalue weighted by Crippen LogP contribution is -2.30. The summed E-state index contributed by atoms with van der Waals surface area (Å²) in [5.74, 6) is 6.38. The van der Waals surface area contributed by atoms with E-state index in [0.717, 1.165) is 20.7 Å². The van der Waals surface area contributed by atoms with Crippen LogP contribution in [0, 0.1) is 6.92 Å². The van der Waals surface area contributed by atoms with Crippen LogP contribution in [-0.2, 0) is 5.75 Å². The van der Waals surface area contributed by atoms with Crippen molar-refractivity contribution in [3.8, 4) is 0 Å². The topological polar surface area (TPSA) is 68.3 Å². The Hall–Kier alpha value is -1.24. The maximum absolute atomic E-state index is 11.4. The Kier molecular flexibility index (Phi) is 4.68. The van der Waals surface area contributed by atoms with Gasteiger partial charge >= 0.3 is 5.91 Å². The average Bonchev–Trinajstić information content (AvgIpc) is 2.78. The smallest absolute Gasteiger partial charge is 0.301 e. The van der Waals surface area contributed by atoms with Gasteiger partial charge in [-0.2, -0.15) is 0 Å². The number of thioether (sulfide) groups is 1. The second kappa shape index (κ2) is 6.27. The zero-order chi connectivity index (χ0) is 13.8. The zero-order valence-corrected chi connectivity index (χ0v) is 12.7. The van der Waals surface area contributed by atoms with Crippen molar-refractivity contribution in [2.45, 2.75) is 17.6 Å². The SMILES string of the molecule is Cc1cc(CSc2ccc(Br)cc2)oc1C(=O)NN. The van der Waals surface area contributed by atoms with Gasteiger partial charge in [-0.05, 0) is 37.3 Å². The number of amides is 1. The molecule has 2 rings (SSSR count). The fourth-order valence-corrected chi connectivity index (χ4v) is 2.64. The molecule has 1 heterocycles. The van der Waals surface area contributed by atoms with Crippen molar-refractivity contribution in [1.29, 1.82) is 0 Å². The number of aryl methyl sites for hydroxylation is 1. The molecule has 0 saturated heterocycles. The number of carbonyl (C=O) groups is 1. The molecule has 1 aromatic carbocycles. The number of nitrogens with two attached hydrogens (primary N) is 1. The van der Waals surface area contributed by atoms with E-state index in [1.807, 2.05) is 37.3 Å². The van der Waals surface area contributed by atoms with Crippen molar-refractivity contribution < 1.29 is 9.21 Å². The molecule has 1 aromatic heterocycles. The first-order valence-electron chi connectivity index (χ1n) is 5.59. The van der Waals surface area contributed by atoms with Gasteiger partial charge < -0.3 is 4.42 Å². The third-order valence-corrected chi connectivity index (χ3v) is 4.06. The number of rotatable bonds is 4. The van der Waals surface area contributed by atoms with Gasteiger partial charge in [0.25, 0.3) is 0 Å². The summed E-state index contributed by atoms with van der Waals surface area (Å²) in [5.41, 5.74) is 2.86. The van der Waals surface area contributed by atoms with E-state index in [9.17, 15) is 4.79 Å². The standard InChI is InChI=1S/C13H13BrN2O2S/c1-8-6-10(18-12(8)13(17)16-15)7-19-11-4-2-9(14)3-5-11/h2-6H,7,15H2,1H3,(H,16,17). The molecule has 3 N–H and O–H groups in total. The summed E-state index contributed by atoms with van der Waals surface area (Å²) in [6, 6.07) is 9.89. The van der Waals surface area contributed by atoms with Crippen LogP contribution in [0.2, 0.25) is 0 Å². The van der Waals surface area contributed by atoms with Gasteiger partial charge in [-0.3, -0.25) is 10.2 Å². The molecule has 100 valence electrons. The van der Waals surface area contributed by atoms with Crippen LogP contribution in [-0.4, -0.2) is 5.91 Å². The van der Waals surface area contributed by atoms with Crippen molar-refractivity contribution in [3.05, 3.63) is 51.9 Å². The van der Waals surface area contributed by atoms with Crippen molar-refractivity contribution in [3.63, 3.8) is 0 Å². The zero-order valence-electron chi connectivity index (χ0n) is 10.3. The van der Waals surface area contributed by atoms with Crippen molar-refractivity contribution in [2.75, 3.05) is 0 Å². The predicted molar refractivity (Wildman–Crippen MR) is 78.8 cm³/mol. The summed E-state index contributed by atoms with van der Waals surface area (Å²) in [5, 5.41) is 0. The molecule has 0 spiro atoms. The minimum atomic E-state index is -0.405. The molecule has 0 atom stereocenters. The highest BCUT2D eigenvalue weighted by Gasteiger charge is 2.14. The van der Waals surface area contributed by atoms with E-state index in [-0.39, 0.29) is 5.76 Å². The molecule has 0 radical (unpaired) electrons. The minimum absolute atomic E-state index is 0.272. The molecule has 4 nitrogen and oxygen atoms in total. The first kappa shape index (κ1) is 14.2. The number of halogens is 1. The van der Waals surface area contributed by atoms with Crippen LogP contribution in [0.4, 0.5) is 0 Å². The molecule has 1 amide bonds. The Morgan fingerprint density at radius 2 is 2.11 bits per heavy atom. The Morgan fingerprint density at radius 1 is 1.42 bits per heavy atom. The van der Waals surface area contributed by atoms with Crippen LogP contribution >= 0.6 is 27.7 Å². The number of benzene rings is 1. The van der Waals surface area contributed by atoms with Gasteiger partial charge in [-0.1, -0.05) is 15.9 Å². The van der Waals surface area contributed by atoms with E-state index in [2.05, 4.69) is 21.4 Å². The minimum Gasteiger partial charge on any atom is -0.455 e. The first-order valence-corrected chi connectivity index (χ1v) is 7.36. The van der Waals surface area contributed by atoms with Gasteiger partial charge in [0.1, 0.15) is 5.76 Å². The van der Waals surface area contributed by atoms with Crippen LogP contribution in [0.15, 0.2) is 44.1 Å². The number of hydrogen-bond donors (Lipinski definition) is 2. The maximum Gasteiger partial charge on any atom is 0.301 e. The second-order valence-corrected chi connectivity index (χ2v) is 5.91. The van der Waals surface area contributed by atoms with Crippen molar-refractivity contribution in [2.24, 2.45) is 5.84 Å². The van der Waals surface area contributed by atoms with Crippen LogP contribution in [0.5, 0.6) is 0 Å². The molecule has 0 bridgehead atoms. The van der Waals surface area contributed by atoms with E-state index in [0.29, 0.717) is 5.75 Å². The van der Waals surface area contributed by atoms with Crippen molar-refractivity contribution in [1.82, 2.24) is 5.43 Å². The van der Waals surface area contributed by atoms with Gasteiger partial charge in [0.2, 0.25) is 0 Å². The predicted octanol–water partition coefficient (Wildman–Crippen LogP) is 3.25. The summed E-state index contributed by atoms with van der Waals surface area (Å²) >= 11 is 5.04. The number of hydrogen-bond acceptors (Lipinski definition) is 4. The number of furan rings is 1. The number of hydrazine groups is 1. The van der Waals surface area contributed by atoms with E-state index in [1.165, 1.54) is 0 Å². The molecule has 19 heavy (non-hydrogen) atoms. The Labute approximate surface area is 123 Å². The lowest BCUT2D eigenvalue weighted by Gasteiger charge is -1.99. The lowest BCUT2D eigenvalue weighted by molar-refractivity contribution is 0.0923. The molecule has 0 aliphatic carbocycles. The third-order valence-electron chi connectivity index (χ3n) is 2.50. The Morgan fingerprint density at radius 3 is 2.74 bits per heavy atom. The molecule has 0 aliphatic heterocycles. The molecule has 0 aliphatic rings. The third kappa shape index (κ3) is 3.62. The molecule has 0 fully saturated rings.